The molecule has 0 N–H and O–H groups in total. The summed E-state index contributed by atoms with van der Waals surface area (Å²) in [4.78, 5) is 10.9. The van der Waals surface area contributed by atoms with Gasteiger partial charge in [-0.1, -0.05) is 30.3 Å². The summed E-state index contributed by atoms with van der Waals surface area (Å²) in [6, 6.07) is 14.8. The van der Waals surface area contributed by atoms with E-state index in [1.54, 1.807) is 0 Å². The Morgan fingerprint density at radius 1 is 1.00 bits per heavy atom. The van der Waals surface area contributed by atoms with Crippen LogP contribution < -0.4 is 0 Å². The van der Waals surface area contributed by atoms with Crippen molar-refractivity contribution in [2.45, 2.75) is 4.87 Å². The van der Waals surface area contributed by atoms with Crippen molar-refractivity contribution >= 4 is 17.6 Å². The quantitative estimate of drug-likeness (QED) is 0.851. The topological polar surface area (TPSA) is 28.5 Å². The van der Waals surface area contributed by atoms with E-state index in [2.05, 4.69) is 69.6 Å². The summed E-state index contributed by atoms with van der Waals surface area (Å²) in [7, 11) is 0. The van der Waals surface area contributed by atoms with Crippen LogP contribution in [0.5, 0.6) is 0 Å². The van der Waals surface area contributed by atoms with E-state index in [9.17, 15) is 0 Å². The maximum Gasteiger partial charge on any atom is 0.143 e. The van der Waals surface area contributed by atoms with Crippen molar-refractivity contribution in [1.29, 1.82) is 0 Å². The molecule has 0 spiro atoms. The number of hydrogen-bond acceptors (Lipinski definition) is 4. The van der Waals surface area contributed by atoms with Gasteiger partial charge in [0.25, 0.3) is 0 Å². The zero-order valence-corrected chi connectivity index (χ0v) is 12.3. The van der Waals surface area contributed by atoms with Gasteiger partial charge in [-0.2, -0.15) is 0 Å². The first-order valence-electron chi connectivity index (χ1n) is 7.00. The molecule has 0 radical (unpaired) electrons. The van der Waals surface area contributed by atoms with Gasteiger partial charge in [0, 0.05) is 18.6 Å². The lowest BCUT2D eigenvalue weighted by Gasteiger charge is -2.38. The van der Waals surface area contributed by atoms with Crippen LogP contribution in [0.2, 0.25) is 0 Å². The molecule has 3 heterocycles. The predicted octanol–water partition coefficient (Wildman–Crippen LogP) is 3.26. The van der Waals surface area contributed by atoms with E-state index in [-0.39, 0.29) is 4.87 Å². The Morgan fingerprint density at radius 3 is 2.57 bits per heavy atom. The predicted molar refractivity (Wildman–Crippen MR) is 87.2 cm³/mol. The van der Waals surface area contributed by atoms with Crippen LogP contribution in [-0.2, 0) is 4.87 Å². The highest BCUT2D eigenvalue weighted by Crippen LogP contribution is 2.51. The molecule has 2 aliphatic heterocycles. The maximum absolute atomic E-state index is 4.66. The second-order valence-electron chi connectivity index (χ2n) is 5.05. The molecule has 21 heavy (non-hydrogen) atoms. The molecule has 1 saturated heterocycles. The minimum absolute atomic E-state index is 0.236. The van der Waals surface area contributed by atoms with Crippen molar-refractivity contribution in [2.24, 2.45) is 4.99 Å². The molecular weight excluding hydrogens is 278 g/mol. The Kier molecular flexibility index (Phi) is 3.04. The fourth-order valence-corrected chi connectivity index (χ4v) is 4.45. The van der Waals surface area contributed by atoms with Gasteiger partial charge in [0.1, 0.15) is 10.7 Å². The molecule has 0 amide bonds. The average Bonchev–Trinajstić information content (AvgIpc) is 2.97. The number of aliphatic imine (C=N–C) groups is 1. The summed E-state index contributed by atoms with van der Waals surface area (Å²) < 4.78 is 0. The maximum atomic E-state index is 4.66. The van der Waals surface area contributed by atoms with Gasteiger partial charge in [-0.05, 0) is 29.3 Å². The molecule has 1 fully saturated rings. The van der Waals surface area contributed by atoms with Crippen LogP contribution in [0.1, 0.15) is 11.1 Å². The van der Waals surface area contributed by atoms with Crippen LogP contribution >= 0.6 is 11.8 Å². The van der Waals surface area contributed by atoms with Crippen LogP contribution in [0.25, 0.3) is 0 Å². The van der Waals surface area contributed by atoms with Crippen molar-refractivity contribution in [2.75, 3.05) is 12.3 Å². The number of amidine groups is 1. The van der Waals surface area contributed by atoms with E-state index in [0.717, 1.165) is 18.1 Å². The third-order valence-corrected chi connectivity index (χ3v) is 5.39. The minimum Gasteiger partial charge on any atom is -0.313 e. The van der Waals surface area contributed by atoms with Gasteiger partial charge < -0.3 is 4.90 Å². The van der Waals surface area contributed by atoms with Gasteiger partial charge in [0.15, 0.2) is 0 Å². The van der Waals surface area contributed by atoms with Crippen molar-refractivity contribution in [3.8, 4) is 0 Å². The molecule has 0 aliphatic carbocycles. The highest BCUT2D eigenvalue weighted by Gasteiger charge is 2.47. The zero-order valence-electron chi connectivity index (χ0n) is 11.5. The number of fused-ring (bicyclic) bond motifs is 1. The van der Waals surface area contributed by atoms with Gasteiger partial charge in [-0.3, -0.25) is 9.98 Å². The SMILES string of the molecule is C1=CN2C(=NC1)CSC2(c1ccccc1)c1ccncc1. The highest BCUT2D eigenvalue weighted by atomic mass is 32.2. The minimum atomic E-state index is -0.236. The molecule has 2 aromatic rings. The second kappa shape index (κ2) is 5.04. The summed E-state index contributed by atoms with van der Waals surface area (Å²) in [6.07, 6.45) is 8.02. The lowest BCUT2D eigenvalue weighted by atomic mass is 9.97. The van der Waals surface area contributed by atoms with Crippen molar-refractivity contribution in [1.82, 2.24) is 9.88 Å². The van der Waals surface area contributed by atoms with E-state index >= 15 is 0 Å². The van der Waals surface area contributed by atoms with Crippen molar-refractivity contribution in [3.05, 3.63) is 78.3 Å². The number of rotatable bonds is 2. The number of thioether (sulfide) groups is 1. The van der Waals surface area contributed by atoms with Gasteiger partial charge >= 0.3 is 0 Å². The van der Waals surface area contributed by atoms with Crippen LogP contribution in [0, 0.1) is 0 Å². The van der Waals surface area contributed by atoms with E-state index in [4.69, 9.17) is 0 Å². The van der Waals surface area contributed by atoms with Crippen LogP contribution in [0.15, 0.2) is 72.1 Å². The number of aromatic nitrogens is 1. The lowest BCUT2D eigenvalue weighted by molar-refractivity contribution is 0.429. The van der Waals surface area contributed by atoms with E-state index in [1.165, 1.54) is 11.1 Å². The lowest BCUT2D eigenvalue weighted by Crippen LogP contribution is -2.40. The average molecular weight is 293 g/mol. The molecule has 1 atom stereocenters. The Hall–Kier alpha value is -2.07. The summed E-state index contributed by atoms with van der Waals surface area (Å²) in [5.41, 5.74) is 2.52. The monoisotopic (exact) mass is 293 g/mol. The molecule has 2 aliphatic rings. The summed E-state index contributed by atoms with van der Waals surface area (Å²) in [5.74, 6) is 2.09. The molecule has 1 aromatic carbocycles. The molecule has 0 bridgehead atoms. The Labute approximate surface area is 128 Å². The highest BCUT2D eigenvalue weighted by molar-refractivity contribution is 8.01. The number of pyridine rings is 1. The molecular formula is C17H15N3S. The Balaban J connectivity index is 1.94. The normalized spacial score (nSPS) is 23.8. The van der Waals surface area contributed by atoms with Gasteiger partial charge in [0.05, 0.1) is 12.3 Å². The summed E-state index contributed by atoms with van der Waals surface area (Å²) in [5, 5.41) is 0. The molecule has 1 aromatic heterocycles. The Morgan fingerprint density at radius 2 is 1.76 bits per heavy atom. The Bertz CT molecular complexity index is 655. The van der Waals surface area contributed by atoms with Gasteiger partial charge in [-0.15, -0.1) is 11.8 Å². The van der Waals surface area contributed by atoms with E-state index in [1.807, 2.05) is 24.2 Å². The molecule has 1 unspecified atom stereocenters. The van der Waals surface area contributed by atoms with Crippen molar-refractivity contribution < 1.29 is 0 Å². The number of benzene rings is 1. The number of hydrogen-bond donors (Lipinski definition) is 0. The molecule has 3 nitrogen and oxygen atoms in total. The third-order valence-electron chi connectivity index (χ3n) is 3.90. The van der Waals surface area contributed by atoms with Crippen LogP contribution in [0.3, 0.4) is 0 Å². The zero-order chi connectivity index (χ0) is 14.1. The molecule has 4 rings (SSSR count). The van der Waals surface area contributed by atoms with Crippen molar-refractivity contribution in [3.63, 3.8) is 0 Å². The first kappa shape index (κ1) is 12.7. The third kappa shape index (κ3) is 1.90. The molecule has 4 heteroatoms. The second-order valence-corrected chi connectivity index (χ2v) is 6.21. The van der Waals surface area contributed by atoms with Crippen LogP contribution in [-0.4, -0.2) is 28.0 Å². The first-order chi connectivity index (χ1) is 10.4. The van der Waals surface area contributed by atoms with E-state index < -0.39 is 0 Å². The van der Waals surface area contributed by atoms with Gasteiger partial charge in [0.2, 0.25) is 0 Å². The fraction of sp³-hybridized carbons (Fsp3) is 0.176. The smallest absolute Gasteiger partial charge is 0.143 e. The largest absolute Gasteiger partial charge is 0.313 e. The first-order valence-corrected chi connectivity index (χ1v) is 7.99. The van der Waals surface area contributed by atoms with Crippen LogP contribution in [0.4, 0.5) is 0 Å². The summed E-state index contributed by atoms with van der Waals surface area (Å²) >= 11 is 1.92. The standard InChI is InChI=1S/C17H15N3S/c1-2-5-14(6-3-1)17(15-7-10-18-11-8-15)20-12-4-9-19-16(20)13-21-17/h1-8,10-12H,9,13H2. The van der Waals surface area contributed by atoms with E-state index in [0.29, 0.717) is 0 Å². The fourth-order valence-electron chi connectivity index (χ4n) is 2.97. The molecule has 104 valence electrons. The summed E-state index contributed by atoms with van der Waals surface area (Å²) in [6.45, 7) is 0.785. The molecule has 0 saturated carbocycles. The van der Waals surface area contributed by atoms with Gasteiger partial charge in [-0.25, -0.2) is 0 Å². The number of nitrogens with zero attached hydrogens (tertiary/aromatic N) is 3.